The molecule has 7 heteroatoms. The molecule has 126 valence electrons. The molecule has 0 spiro atoms. The topological polar surface area (TPSA) is 76.5 Å². The van der Waals surface area contributed by atoms with Crippen LogP contribution in [0.5, 0.6) is 17.2 Å². The van der Waals surface area contributed by atoms with E-state index in [-0.39, 0.29) is 18.4 Å². The Bertz CT molecular complexity index is 888. The van der Waals surface area contributed by atoms with Crippen molar-refractivity contribution >= 4 is 5.95 Å². The fourth-order valence-electron chi connectivity index (χ4n) is 2.68. The van der Waals surface area contributed by atoms with Gasteiger partial charge >= 0.3 is 0 Å². The minimum absolute atomic E-state index is 0.0296. The summed E-state index contributed by atoms with van der Waals surface area (Å²) in [6.45, 7) is 0.106. The lowest BCUT2D eigenvalue weighted by molar-refractivity contribution is 0.174. The van der Waals surface area contributed by atoms with Gasteiger partial charge in [0.2, 0.25) is 12.7 Å². The minimum Gasteiger partial charge on any atom is -0.507 e. The van der Waals surface area contributed by atoms with E-state index in [9.17, 15) is 9.50 Å². The van der Waals surface area contributed by atoms with Crippen molar-refractivity contribution in [3.05, 3.63) is 71.8 Å². The summed E-state index contributed by atoms with van der Waals surface area (Å²) in [6, 6.07) is 10.4. The van der Waals surface area contributed by atoms with E-state index in [4.69, 9.17) is 9.47 Å². The first kappa shape index (κ1) is 15.2. The van der Waals surface area contributed by atoms with Crippen LogP contribution < -0.4 is 14.8 Å². The molecule has 1 aliphatic rings. The lowest BCUT2D eigenvalue weighted by atomic mass is 9.97. The van der Waals surface area contributed by atoms with Gasteiger partial charge in [-0.25, -0.2) is 14.4 Å². The van der Waals surface area contributed by atoms with Crippen molar-refractivity contribution in [2.75, 3.05) is 12.1 Å². The third-order valence-electron chi connectivity index (χ3n) is 3.88. The van der Waals surface area contributed by atoms with Crippen molar-refractivity contribution in [1.82, 2.24) is 9.97 Å². The molecule has 0 amide bonds. The fraction of sp³-hybridized carbons (Fsp3) is 0.111. The van der Waals surface area contributed by atoms with Gasteiger partial charge in [-0.15, -0.1) is 0 Å². The van der Waals surface area contributed by atoms with E-state index in [1.54, 1.807) is 36.7 Å². The Hall–Kier alpha value is -3.35. The Balaban J connectivity index is 1.78. The standard InChI is InChI=1S/C18H14FN3O3/c19-12-4-2-11(3-5-12)17(22-18-20-6-1-7-21-18)13-8-15-16(9-14(13)23)25-10-24-15/h1-9,17,23H,10H2,(H,20,21,22)/t17-/m0/s1. The van der Waals surface area contributed by atoms with E-state index < -0.39 is 6.04 Å². The Morgan fingerprint density at radius 1 is 1.04 bits per heavy atom. The average molecular weight is 339 g/mol. The maximum Gasteiger partial charge on any atom is 0.231 e. The minimum atomic E-state index is -0.502. The molecule has 2 heterocycles. The molecule has 0 radical (unpaired) electrons. The average Bonchev–Trinajstić information content (AvgIpc) is 3.08. The van der Waals surface area contributed by atoms with Crippen molar-refractivity contribution in [2.45, 2.75) is 6.04 Å². The Morgan fingerprint density at radius 3 is 2.44 bits per heavy atom. The van der Waals surface area contributed by atoms with Gasteiger partial charge in [-0.05, 0) is 29.8 Å². The van der Waals surface area contributed by atoms with Gasteiger partial charge in [0.25, 0.3) is 0 Å². The lowest BCUT2D eigenvalue weighted by Gasteiger charge is -2.21. The molecule has 4 rings (SSSR count). The number of phenols is 1. The summed E-state index contributed by atoms with van der Waals surface area (Å²) in [6.07, 6.45) is 3.22. The molecule has 0 bridgehead atoms. The highest BCUT2D eigenvalue weighted by molar-refractivity contribution is 5.56. The Labute approximate surface area is 142 Å². The van der Waals surface area contributed by atoms with Crippen molar-refractivity contribution in [1.29, 1.82) is 0 Å². The molecule has 1 aromatic heterocycles. The number of rotatable bonds is 4. The molecule has 0 fully saturated rings. The second-order valence-electron chi connectivity index (χ2n) is 5.47. The monoisotopic (exact) mass is 339 g/mol. The molecular formula is C18H14FN3O3. The molecular weight excluding hydrogens is 325 g/mol. The van der Waals surface area contributed by atoms with Gasteiger partial charge in [0, 0.05) is 24.0 Å². The second kappa shape index (κ2) is 6.27. The summed E-state index contributed by atoms with van der Waals surface area (Å²) in [4.78, 5) is 8.31. The van der Waals surface area contributed by atoms with Gasteiger partial charge in [-0.1, -0.05) is 12.1 Å². The number of halogens is 1. The molecule has 6 nitrogen and oxygen atoms in total. The van der Waals surface area contributed by atoms with Crippen LogP contribution in [0.25, 0.3) is 0 Å². The number of nitrogens with zero attached hydrogens (tertiary/aromatic N) is 2. The van der Waals surface area contributed by atoms with Gasteiger partial charge < -0.3 is 19.9 Å². The van der Waals surface area contributed by atoms with Crippen LogP contribution in [0.4, 0.5) is 10.3 Å². The summed E-state index contributed by atoms with van der Waals surface area (Å²) in [5.74, 6) is 1.09. The van der Waals surface area contributed by atoms with Crippen LogP contribution in [0.2, 0.25) is 0 Å². The molecule has 0 saturated heterocycles. The Kier molecular flexibility index (Phi) is 3.81. The van der Waals surface area contributed by atoms with Gasteiger partial charge in [0.15, 0.2) is 11.5 Å². The largest absolute Gasteiger partial charge is 0.507 e. The number of phenolic OH excluding ortho intramolecular Hbond substituents is 1. The fourth-order valence-corrected chi connectivity index (χ4v) is 2.68. The maximum absolute atomic E-state index is 13.3. The number of benzene rings is 2. The quantitative estimate of drug-likeness (QED) is 0.760. The van der Waals surface area contributed by atoms with Crippen LogP contribution in [0.3, 0.4) is 0 Å². The summed E-state index contributed by atoms with van der Waals surface area (Å²) in [5.41, 5.74) is 1.28. The number of aromatic nitrogens is 2. The normalized spacial score (nSPS) is 13.5. The molecule has 3 aromatic rings. The molecule has 2 N–H and O–H groups in total. The van der Waals surface area contributed by atoms with Crippen LogP contribution in [0.1, 0.15) is 17.2 Å². The zero-order chi connectivity index (χ0) is 17.2. The highest BCUT2D eigenvalue weighted by Crippen LogP contribution is 2.42. The zero-order valence-corrected chi connectivity index (χ0v) is 13.0. The van der Waals surface area contributed by atoms with Crippen LogP contribution >= 0.6 is 0 Å². The van der Waals surface area contributed by atoms with Crippen molar-refractivity contribution in [2.24, 2.45) is 0 Å². The van der Waals surface area contributed by atoms with E-state index in [2.05, 4.69) is 15.3 Å². The number of hydrogen-bond acceptors (Lipinski definition) is 6. The van der Waals surface area contributed by atoms with Gasteiger partial charge in [-0.2, -0.15) is 0 Å². The van der Waals surface area contributed by atoms with Crippen molar-refractivity contribution in [3.63, 3.8) is 0 Å². The van der Waals surface area contributed by atoms with E-state index in [0.29, 0.717) is 23.0 Å². The first-order chi connectivity index (χ1) is 12.2. The maximum atomic E-state index is 13.3. The van der Waals surface area contributed by atoms with E-state index in [1.807, 2.05) is 0 Å². The molecule has 25 heavy (non-hydrogen) atoms. The third kappa shape index (κ3) is 3.03. The summed E-state index contributed by atoms with van der Waals surface area (Å²) in [7, 11) is 0. The second-order valence-corrected chi connectivity index (χ2v) is 5.47. The number of aromatic hydroxyl groups is 1. The summed E-state index contributed by atoms with van der Waals surface area (Å²) in [5, 5.41) is 13.6. The highest BCUT2D eigenvalue weighted by atomic mass is 19.1. The van der Waals surface area contributed by atoms with E-state index in [0.717, 1.165) is 5.56 Å². The van der Waals surface area contributed by atoms with E-state index in [1.165, 1.54) is 18.2 Å². The third-order valence-corrected chi connectivity index (χ3v) is 3.88. The predicted octanol–water partition coefficient (Wildman–Crippen LogP) is 3.25. The van der Waals surface area contributed by atoms with Crippen LogP contribution in [0.15, 0.2) is 54.9 Å². The number of ether oxygens (including phenoxy) is 2. The van der Waals surface area contributed by atoms with E-state index >= 15 is 0 Å². The SMILES string of the molecule is Oc1cc2c(cc1[C@@H](Nc1ncccn1)c1ccc(F)cc1)OCO2. The molecule has 1 aliphatic heterocycles. The first-order valence-electron chi connectivity index (χ1n) is 7.62. The predicted molar refractivity (Wildman–Crippen MR) is 88.1 cm³/mol. The smallest absolute Gasteiger partial charge is 0.231 e. The highest BCUT2D eigenvalue weighted by Gasteiger charge is 2.24. The van der Waals surface area contributed by atoms with Crippen molar-refractivity contribution in [3.8, 4) is 17.2 Å². The van der Waals surface area contributed by atoms with Crippen molar-refractivity contribution < 1.29 is 19.0 Å². The number of hydrogen-bond donors (Lipinski definition) is 2. The summed E-state index contributed by atoms with van der Waals surface area (Å²) >= 11 is 0. The van der Waals surface area contributed by atoms with Gasteiger partial charge in [-0.3, -0.25) is 0 Å². The summed E-state index contributed by atoms with van der Waals surface area (Å²) < 4.78 is 24.0. The van der Waals surface area contributed by atoms with Gasteiger partial charge in [0.05, 0.1) is 6.04 Å². The van der Waals surface area contributed by atoms with Gasteiger partial charge in [0.1, 0.15) is 11.6 Å². The number of nitrogens with one attached hydrogen (secondary N) is 1. The number of fused-ring (bicyclic) bond motifs is 1. The van der Waals surface area contributed by atoms with Crippen LogP contribution in [-0.4, -0.2) is 21.9 Å². The number of anilines is 1. The molecule has 1 atom stereocenters. The first-order valence-corrected chi connectivity index (χ1v) is 7.62. The molecule has 0 unspecified atom stereocenters. The molecule has 0 saturated carbocycles. The lowest BCUT2D eigenvalue weighted by Crippen LogP contribution is -2.14. The van der Waals surface area contributed by atoms with Crippen LogP contribution in [-0.2, 0) is 0 Å². The zero-order valence-electron chi connectivity index (χ0n) is 13.0. The van der Waals surface area contributed by atoms with Crippen LogP contribution in [0, 0.1) is 5.82 Å². The Morgan fingerprint density at radius 2 is 1.72 bits per heavy atom. The molecule has 2 aromatic carbocycles. The molecule has 0 aliphatic carbocycles.